The van der Waals surface area contributed by atoms with E-state index >= 15 is 0 Å². The first-order valence-corrected chi connectivity index (χ1v) is 11.7. The van der Waals surface area contributed by atoms with Crippen molar-refractivity contribution in [1.82, 2.24) is 9.55 Å². The molecular formula is C29H25FN2O5. The van der Waals surface area contributed by atoms with E-state index in [1.807, 2.05) is 30.3 Å². The Labute approximate surface area is 212 Å². The Bertz CT molecular complexity index is 1610. The van der Waals surface area contributed by atoms with Crippen molar-refractivity contribution < 1.29 is 28.9 Å². The SMILES string of the molecule is COc1ccc(COc2c3ncc(Cc4ccc(F)cc4)cc3c(CC(=O)O)c3cn(C)c(O)c23)cc1. The third kappa shape index (κ3) is 4.78. The molecule has 5 aromatic rings. The van der Waals surface area contributed by atoms with Crippen LogP contribution >= 0.6 is 0 Å². The molecule has 0 unspecified atom stereocenters. The number of carbonyl (C=O) groups is 1. The molecule has 0 aliphatic heterocycles. The quantitative estimate of drug-likeness (QED) is 0.297. The van der Waals surface area contributed by atoms with Crippen molar-refractivity contribution in [3.05, 3.63) is 95.1 Å². The summed E-state index contributed by atoms with van der Waals surface area (Å²) in [4.78, 5) is 16.5. The van der Waals surface area contributed by atoms with Crippen LogP contribution in [0, 0.1) is 5.82 Å². The number of nitrogens with zero attached hydrogens (tertiary/aromatic N) is 2. The van der Waals surface area contributed by atoms with Gasteiger partial charge >= 0.3 is 5.97 Å². The van der Waals surface area contributed by atoms with Gasteiger partial charge in [0.05, 0.1) is 18.9 Å². The molecule has 2 heterocycles. The van der Waals surface area contributed by atoms with Gasteiger partial charge in [0, 0.05) is 30.2 Å². The number of hydrogen-bond donors (Lipinski definition) is 2. The standard InChI is InChI=1S/C29H25FN2O5/c1-32-15-24-22(13-25(33)34)23-12-19(11-17-3-7-20(30)8-4-17)14-31-27(23)28(26(24)29(32)35)37-16-18-5-9-21(36-2)10-6-18/h3-10,12,14-15,35H,11,13,16H2,1-2H3,(H,33,34). The average molecular weight is 501 g/mol. The summed E-state index contributed by atoms with van der Waals surface area (Å²) in [5.74, 6) is -0.242. The normalized spacial score (nSPS) is 11.2. The van der Waals surface area contributed by atoms with E-state index in [2.05, 4.69) is 4.98 Å². The fourth-order valence-corrected chi connectivity index (χ4v) is 4.55. The highest BCUT2D eigenvalue weighted by atomic mass is 19.1. The number of aliphatic carboxylic acids is 1. The lowest BCUT2D eigenvalue weighted by Crippen LogP contribution is -2.04. The lowest BCUT2D eigenvalue weighted by atomic mass is 9.96. The third-order valence-electron chi connectivity index (χ3n) is 6.38. The summed E-state index contributed by atoms with van der Waals surface area (Å²) in [6.45, 7) is 0.208. The highest BCUT2D eigenvalue weighted by molar-refractivity contribution is 6.10. The maximum absolute atomic E-state index is 13.4. The van der Waals surface area contributed by atoms with E-state index in [1.54, 1.807) is 38.7 Å². The molecule has 5 rings (SSSR count). The van der Waals surface area contributed by atoms with Crippen molar-refractivity contribution in [2.45, 2.75) is 19.4 Å². The van der Waals surface area contributed by atoms with Gasteiger partial charge < -0.3 is 24.3 Å². The number of hydrogen-bond acceptors (Lipinski definition) is 5. The van der Waals surface area contributed by atoms with Gasteiger partial charge in [0.2, 0.25) is 5.88 Å². The number of aromatic hydroxyl groups is 1. The van der Waals surface area contributed by atoms with E-state index in [0.717, 1.165) is 22.4 Å². The molecule has 0 amide bonds. The molecule has 7 nitrogen and oxygen atoms in total. The third-order valence-corrected chi connectivity index (χ3v) is 6.38. The van der Waals surface area contributed by atoms with Crippen LogP contribution in [0.1, 0.15) is 22.3 Å². The fraction of sp³-hybridized carbons (Fsp3) is 0.172. The highest BCUT2D eigenvalue weighted by Gasteiger charge is 2.23. The summed E-state index contributed by atoms with van der Waals surface area (Å²) in [5, 5.41) is 22.2. The van der Waals surface area contributed by atoms with Gasteiger partial charge in [-0.25, -0.2) is 4.39 Å². The van der Waals surface area contributed by atoms with Gasteiger partial charge in [-0.2, -0.15) is 0 Å². The second-order valence-corrected chi connectivity index (χ2v) is 8.91. The largest absolute Gasteiger partial charge is 0.497 e. The van der Waals surface area contributed by atoms with Crippen molar-refractivity contribution in [2.75, 3.05) is 7.11 Å². The Morgan fingerprint density at radius 2 is 1.73 bits per heavy atom. The number of benzene rings is 3. The highest BCUT2D eigenvalue weighted by Crippen LogP contribution is 2.43. The van der Waals surface area contributed by atoms with E-state index < -0.39 is 5.97 Å². The number of aromatic nitrogens is 2. The molecular weight excluding hydrogens is 475 g/mol. The zero-order valence-corrected chi connectivity index (χ0v) is 20.4. The van der Waals surface area contributed by atoms with Crippen LogP contribution in [0.15, 0.2) is 67.0 Å². The van der Waals surface area contributed by atoms with Gasteiger partial charge in [-0.3, -0.25) is 9.78 Å². The number of rotatable bonds is 8. The van der Waals surface area contributed by atoms with E-state index in [9.17, 15) is 19.4 Å². The fourth-order valence-electron chi connectivity index (χ4n) is 4.55. The summed E-state index contributed by atoms with van der Waals surface area (Å²) in [6, 6.07) is 15.6. The molecule has 0 saturated carbocycles. The predicted octanol–water partition coefficient (Wildman–Crippen LogP) is 5.38. The molecule has 2 aromatic heterocycles. The summed E-state index contributed by atoms with van der Waals surface area (Å²) < 4.78 is 26.4. The molecule has 0 radical (unpaired) electrons. The van der Waals surface area contributed by atoms with Crippen molar-refractivity contribution >= 4 is 27.6 Å². The van der Waals surface area contributed by atoms with Gasteiger partial charge in [-0.05, 0) is 59.0 Å². The first kappa shape index (κ1) is 24.1. The lowest BCUT2D eigenvalue weighted by molar-refractivity contribution is -0.136. The molecule has 0 aliphatic rings. The lowest BCUT2D eigenvalue weighted by Gasteiger charge is -2.15. The zero-order valence-electron chi connectivity index (χ0n) is 20.4. The molecule has 0 saturated heterocycles. The van der Waals surface area contributed by atoms with E-state index in [4.69, 9.17) is 9.47 Å². The predicted molar refractivity (Wildman–Crippen MR) is 138 cm³/mol. The number of carboxylic acid groups (broad SMARTS) is 1. The van der Waals surface area contributed by atoms with E-state index in [-0.39, 0.29) is 24.7 Å². The Kier molecular flexibility index (Phi) is 6.40. The number of aryl methyl sites for hydroxylation is 1. The molecule has 188 valence electrons. The van der Waals surface area contributed by atoms with Gasteiger partial charge in [-0.1, -0.05) is 24.3 Å². The van der Waals surface area contributed by atoms with Crippen LogP contribution in [0.2, 0.25) is 0 Å². The Morgan fingerprint density at radius 3 is 2.41 bits per heavy atom. The van der Waals surface area contributed by atoms with Crippen LogP contribution in [0.25, 0.3) is 21.7 Å². The van der Waals surface area contributed by atoms with Crippen LogP contribution in [0.4, 0.5) is 4.39 Å². The van der Waals surface area contributed by atoms with Crippen LogP contribution in [-0.2, 0) is 31.3 Å². The molecule has 8 heteroatoms. The van der Waals surface area contributed by atoms with Gasteiger partial charge in [0.25, 0.3) is 0 Å². The smallest absolute Gasteiger partial charge is 0.307 e. The van der Waals surface area contributed by atoms with Gasteiger partial charge in [0.15, 0.2) is 5.75 Å². The molecule has 0 fully saturated rings. The number of carboxylic acids is 1. The first-order chi connectivity index (χ1) is 17.8. The molecule has 0 bridgehead atoms. The molecule has 2 N–H and O–H groups in total. The van der Waals surface area contributed by atoms with Crippen LogP contribution in [-0.4, -0.2) is 32.8 Å². The summed E-state index contributed by atoms with van der Waals surface area (Å²) >= 11 is 0. The van der Waals surface area contributed by atoms with E-state index in [0.29, 0.717) is 39.4 Å². The number of pyridine rings is 1. The number of ether oxygens (including phenoxy) is 2. The molecule has 3 aromatic carbocycles. The summed E-state index contributed by atoms with van der Waals surface area (Å²) in [5.41, 5.74) is 3.63. The maximum Gasteiger partial charge on any atom is 0.307 e. The summed E-state index contributed by atoms with van der Waals surface area (Å²) in [6.07, 6.45) is 3.64. The molecule has 37 heavy (non-hydrogen) atoms. The number of fused-ring (bicyclic) bond motifs is 2. The number of methoxy groups -OCH3 is 1. The van der Waals surface area contributed by atoms with Crippen molar-refractivity contribution in [3.63, 3.8) is 0 Å². The minimum absolute atomic E-state index is 0.0366. The summed E-state index contributed by atoms with van der Waals surface area (Å²) in [7, 11) is 3.28. The molecule has 0 atom stereocenters. The Morgan fingerprint density at radius 1 is 1.03 bits per heavy atom. The monoisotopic (exact) mass is 500 g/mol. The van der Waals surface area contributed by atoms with Gasteiger partial charge in [-0.15, -0.1) is 0 Å². The molecule has 0 spiro atoms. The van der Waals surface area contributed by atoms with E-state index in [1.165, 1.54) is 16.7 Å². The van der Waals surface area contributed by atoms with Crippen LogP contribution < -0.4 is 9.47 Å². The first-order valence-electron chi connectivity index (χ1n) is 11.7. The number of halogens is 1. The second-order valence-electron chi connectivity index (χ2n) is 8.91. The molecule has 0 aliphatic carbocycles. The minimum atomic E-state index is -0.998. The van der Waals surface area contributed by atoms with Crippen molar-refractivity contribution in [3.8, 4) is 17.4 Å². The Hall–Kier alpha value is -4.59. The van der Waals surface area contributed by atoms with Crippen LogP contribution in [0.5, 0.6) is 17.4 Å². The van der Waals surface area contributed by atoms with Crippen molar-refractivity contribution in [2.24, 2.45) is 7.05 Å². The zero-order chi connectivity index (χ0) is 26.1. The van der Waals surface area contributed by atoms with Gasteiger partial charge in [0.1, 0.15) is 23.7 Å². The minimum Gasteiger partial charge on any atom is -0.497 e. The maximum atomic E-state index is 13.4. The van der Waals surface area contributed by atoms with Crippen LogP contribution in [0.3, 0.4) is 0 Å². The second kappa shape index (κ2) is 9.81. The topological polar surface area (TPSA) is 93.8 Å². The average Bonchev–Trinajstić information content (AvgIpc) is 3.19. The van der Waals surface area contributed by atoms with Crippen molar-refractivity contribution in [1.29, 1.82) is 0 Å². The Balaban J connectivity index is 1.65.